The molecule has 0 aliphatic carbocycles. The fourth-order valence-electron chi connectivity index (χ4n) is 1.48. The van der Waals surface area contributed by atoms with Crippen molar-refractivity contribution < 1.29 is 14.3 Å². The molecule has 0 spiro atoms. The van der Waals surface area contributed by atoms with Crippen molar-refractivity contribution in [3.8, 4) is 0 Å². The minimum Gasteiger partial charge on any atom is -0.385 e. The molecule has 16 heavy (non-hydrogen) atoms. The number of methoxy groups -OCH3 is 1. The van der Waals surface area contributed by atoms with Gasteiger partial charge < -0.3 is 20.7 Å². The molecule has 0 radical (unpaired) electrons. The van der Waals surface area contributed by atoms with E-state index in [-0.39, 0.29) is 18.2 Å². The smallest absolute Gasteiger partial charge is 0.345 e. The molecular weight excluding hydrogens is 212 g/mol. The monoisotopic (exact) mass is 228 g/mol. The molecule has 0 saturated heterocycles. The van der Waals surface area contributed by atoms with Crippen molar-refractivity contribution in [3.05, 3.63) is 0 Å². The van der Waals surface area contributed by atoms with Crippen LogP contribution in [0, 0.1) is 0 Å². The first-order valence-electron chi connectivity index (χ1n) is 4.94. The van der Waals surface area contributed by atoms with Crippen LogP contribution in [-0.4, -0.2) is 56.0 Å². The molecule has 0 aromatic carbocycles. The predicted molar refractivity (Wildman–Crippen MR) is 58.1 cm³/mol. The number of nitrogens with two attached hydrogens (primary N) is 1. The number of urea groups is 1. The largest absolute Gasteiger partial charge is 0.385 e. The van der Waals surface area contributed by atoms with Gasteiger partial charge in [-0.05, 0) is 0 Å². The summed E-state index contributed by atoms with van der Waals surface area (Å²) < 4.78 is 4.88. The topological polar surface area (TPSA) is 97.0 Å². The zero-order valence-corrected chi connectivity index (χ0v) is 9.40. The summed E-state index contributed by atoms with van der Waals surface area (Å²) in [4.78, 5) is 27.8. The Kier molecular flexibility index (Phi) is 4.24. The van der Waals surface area contributed by atoms with E-state index < -0.39 is 12.1 Å². The Morgan fingerprint density at radius 3 is 2.94 bits per heavy atom. The summed E-state index contributed by atoms with van der Waals surface area (Å²) >= 11 is 0. The van der Waals surface area contributed by atoms with Gasteiger partial charge in [-0.15, -0.1) is 0 Å². The van der Waals surface area contributed by atoms with Crippen molar-refractivity contribution in [2.24, 2.45) is 10.7 Å². The van der Waals surface area contributed by atoms with Crippen LogP contribution in [0.15, 0.2) is 4.99 Å². The summed E-state index contributed by atoms with van der Waals surface area (Å²) in [5, 5.41) is 2.49. The van der Waals surface area contributed by atoms with E-state index in [1.165, 1.54) is 11.9 Å². The van der Waals surface area contributed by atoms with Gasteiger partial charge in [0.25, 0.3) is 0 Å². The van der Waals surface area contributed by atoms with E-state index in [4.69, 9.17) is 10.5 Å². The van der Waals surface area contributed by atoms with Gasteiger partial charge in [0.15, 0.2) is 0 Å². The molecule has 1 heterocycles. The molecule has 90 valence electrons. The normalized spacial score (nSPS) is 19.9. The lowest BCUT2D eigenvalue weighted by molar-refractivity contribution is -0.121. The second kappa shape index (κ2) is 5.45. The van der Waals surface area contributed by atoms with E-state index in [1.807, 2.05) is 0 Å². The summed E-state index contributed by atoms with van der Waals surface area (Å²) in [7, 11) is 3.07. The quantitative estimate of drug-likeness (QED) is 0.626. The fraction of sp³-hybridized carbons (Fsp3) is 0.667. The van der Waals surface area contributed by atoms with Crippen molar-refractivity contribution in [1.29, 1.82) is 0 Å². The van der Waals surface area contributed by atoms with Gasteiger partial charge in [0, 0.05) is 20.7 Å². The number of hydrogen-bond acceptors (Lipinski definition) is 4. The molecule has 1 aliphatic heterocycles. The average Bonchev–Trinajstić information content (AvgIpc) is 2.51. The van der Waals surface area contributed by atoms with E-state index in [0.29, 0.717) is 13.2 Å². The summed E-state index contributed by atoms with van der Waals surface area (Å²) in [6.07, 6.45) is 0.126. The summed E-state index contributed by atoms with van der Waals surface area (Å²) in [6, 6.07) is -0.869. The Morgan fingerprint density at radius 1 is 1.69 bits per heavy atom. The Balaban J connectivity index is 2.66. The van der Waals surface area contributed by atoms with Crippen LogP contribution in [0.3, 0.4) is 0 Å². The second-order valence-corrected chi connectivity index (χ2v) is 3.40. The zero-order valence-electron chi connectivity index (χ0n) is 9.40. The standard InChI is InChI=1S/C9H16N4O3/c1-11-7(14)5-6-8(10)12-9(15)13(6)3-4-16-2/h6H,3-5H2,1-2H3,(H,11,14)(H2,10,12,15). The highest BCUT2D eigenvalue weighted by Crippen LogP contribution is 2.13. The fourth-order valence-corrected chi connectivity index (χ4v) is 1.48. The van der Waals surface area contributed by atoms with Crippen LogP contribution >= 0.6 is 0 Å². The van der Waals surface area contributed by atoms with Gasteiger partial charge in [0.2, 0.25) is 5.91 Å². The Morgan fingerprint density at radius 2 is 2.38 bits per heavy atom. The molecule has 1 rings (SSSR count). The maximum atomic E-state index is 11.4. The summed E-state index contributed by atoms with van der Waals surface area (Å²) in [5.41, 5.74) is 5.60. The van der Waals surface area contributed by atoms with Gasteiger partial charge in [-0.25, -0.2) is 4.79 Å². The SMILES string of the molecule is CNC(=O)CC1C(N)=NC(=O)N1CCOC. The first kappa shape index (κ1) is 12.4. The summed E-state index contributed by atoms with van der Waals surface area (Å²) in [6.45, 7) is 0.764. The number of carbonyl (C=O) groups excluding carboxylic acids is 2. The number of amidine groups is 1. The van der Waals surface area contributed by atoms with Crippen molar-refractivity contribution in [2.45, 2.75) is 12.5 Å². The van der Waals surface area contributed by atoms with E-state index >= 15 is 0 Å². The summed E-state index contributed by atoms with van der Waals surface area (Å²) in [5.74, 6) is 0.00460. The zero-order chi connectivity index (χ0) is 12.1. The van der Waals surface area contributed by atoms with E-state index in [1.54, 1.807) is 7.11 Å². The van der Waals surface area contributed by atoms with Gasteiger partial charge in [-0.3, -0.25) is 4.79 Å². The van der Waals surface area contributed by atoms with Crippen LogP contribution in [-0.2, 0) is 9.53 Å². The Labute approximate surface area is 93.6 Å². The average molecular weight is 228 g/mol. The van der Waals surface area contributed by atoms with Crippen molar-refractivity contribution in [3.63, 3.8) is 0 Å². The number of nitrogens with one attached hydrogen (secondary N) is 1. The van der Waals surface area contributed by atoms with Crippen LogP contribution in [0.4, 0.5) is 4.79 Å². The molecule has 0 fully saturated rings. The van der Waals surface area contributed by atoms with Crippen LogP contribution in [0.2, 0.25) is 0 Å². The third-order valence-electron chi connectivity index (χ3n) is 2.38. The first-order chi connectivity index (χ1) is 7.60. The lowest BCUT2D eigenvalue weighted by Gasteiger charge is -2.23. The van der Waals surface area contributed by atoms with Gasteiger partial charge in [0.05, 0.1) is 13.0 Å². The van der Waals surface area contributed by atoms with E-state index in [9.17, 15) is 9.59 Å². The van der Waals surface area contributed by atoms with Gasteiger partial charge in [-0.2, -0.15) is 4.99 Å². The number of nitrogens with zero attached hydrogens (tertiary/aromatic N) is 2. The molecule has 1 atom stereocenters. The molecule has 0 bridgehead atoms. The highest BCUT2D eigenvalue weighted by molar-refractivity contribution is 6.04. The minimum absolute atomic E-state index is 0.126. The highest BCUT2D eigenvalue weighted by atomic mass is 16.5. The van der Waals surface area contributed by atoms with Gasteiger partial charge in [-0.1, -0.05) is 0 Å². The number of amides is 3. The molecular formula is C9H16N4O3. The van der Waals surface area contributed by atoms with Gasteiger partial charge >= 0.3 is 6.03 Å². The maximum absolute atomic E-state index is 11.4. The lowest BCUT2D eigenvalue weighted by atomic mass is 10.1. The van der Waals surface area contributed by atoms with Crippen LogP contribution in [0.5, 0.6) is 0 Å². The molecule has 7 nitrogen and oxygen atoms in total. The molecule has 3 N–H and O–H groups in total. The van der Waals surface area contributed by atoms with Gasteiger partial charge in [0.1, 0.15) is 11.9 Å². The highest BCUT2D eigenvalue weighted by Gasteiger charge is 2.34. The third kappa shape index (κ3) is 2.69. The molecule has 0 aromatic heterocycles. The molecule has 0 saturated carbocycles. The van der Waals surface area contributed by atoms with E-state index in [0.717, 1.165) is 0 Å². The predicted octanol–water partition coefficient (Wildman–Crippen LogP) is -1.07. The third-order valence-corrected chi connectivity index (χ3v) is 2.38. The van der Waals surface area contributed by atoms with Crippen molar-refractivity contribution in [2.75, 3.05) is 27.3 Å². The van der Waals surface area contributed by atoms with Crippen LogP contribution in [0.25, 0.3) is 0 Å². The molecule has 1 unspecified atom stereocenters. The maximum Gasteiger partial charge on any atom is 0.345 e. The number of hydrogen-bond donors (Lipinski definition) is 2. The van der Waals surface area contributed by atoms with Crippen molar-refractivity contribution in [1.82, 2.24) is 10.2 Å². The van der Waals surface area contributed by atoms with Crippen LogP contribution in [0.1, 0.15) is 6.42 Å². The lowest BCUT2D eigenvalue weighted by Crippen LogP contribution is -2.44. The second-order valence-electron chi connectivity index (χ2n) is 3.40. The minimum atomic E-state index is -0.456. The molecule has 0 aromatic rings. The molecule has 3 amide bonds. The molecule has 7 heteroatoms. The number of carbonyl (C=O) groups is 2. The van der Waals surface area contributed by atoms with E-state index in [2.05, 4.69) is 10.3 Å². The van der Waals surface area contributed by atoms with Crippen LogP contribution < -0.4 is 11.1 Å². The first-order valence-corrected chi connectivity index (χ1v) is 4.94. The Hall–Kier alpha value is -1.63. The molecule has 1 aliphatic rings. The Bertz CT molecular complexity index is 316. The number of rotatable bonds is 5. The number of aliphatic imine (C=N–C) groups is 1. The number of ether oxygens (including phenoxy) is 1. The van der Waals surface area contributed by atoms with Crippen molar-refractivity contribution >= 4 is 17.8 Å².